The Labute approximate surface area is 126 Å². The fraction of sp³-hybridized carbons (Fsp3) is 0.588. The highest BCUT2D eigenvalue weighted by molar-refractivity contribution is 5.93. The van der Waals surface area contributed by atoms with Crippen LogP contribution in [0.3, 0.4) is 0 Å². The zero-order valence-electron chi connectivity index (χ0n) is 12.5. The van der Waals surface area contributed by atoms with Crippen LogP contribution in [0.5, 0.6) is 0 Å². The van der Waals surface area contributed by atoms with E-state index in [0.29, 0.717) is 22.7 Å². The average molecular weight is 289 g/mol. The van der Waals surface area contributed by atoms with Crippen LogP contribution in [0.25, 0.3) is 0 Å². The van der Waals surface area contributed by atoms with Crippen molar-refractivity contribution in [2.45, 2.75) is 50.7 Å². The monoisotopic (exact) mass is 289 g/mol. The van der Waals surface area contributed by atoms with Crippen molar-refractivity contribution < 1.29 is 14.5 Å². The van der Waals surface area contributed by atoms with Crippen LogP contribution < -0.4 is 5.43 Å². The molecule has 2 fully saturated rings. The van der Waals surface area contributed by atoms with Crippen LogP contribution in [-0.4, -0.2) is 40.8 Å². The van der Waals surface area contributed by atoms with E-state index in [2.05, 4.69) is 5.43 Å². The molecule has 2 atom stereocenters. The first kappa shape index (κ1) is 14.5. The standard InChI is InChI=1S/C17H24N2O2/c20-16-11-12-19(13-16,15-9-5-2-6-10-15)18-17(21)14-7-3-1-4-8-14/h1,3-4,7-8,15-16,20H,2,5-6,9-13H2/p+1. The molecular weight excluding hydrogens is 264 g/mol. The second-order valence-corrected chi connectivity index (χ2v) is 6.48. The summed E-state index contributed by atoms with van der Waals surface area (Å²) in [5, 5.41) is 10.0. The largest absolute Gasteiger partial charge is 0.387 e. The van der Waals surface area contributed by atoms with E-state index in [4.69, 9.17) is 0 Å². The molecule has 1 saturated carbocycles. The van der Waals surface area contributed by atoms with Gasteiger partial charge in [-0.2, -0.15) is 5.43 Å². The van der Waals surface area contributed by atoms with Gasteiger partial charge >= 0.3 is 0 Å². The lowest BCUT2D eigenvalue weighted by Gasteiger charge is -2.42. The zero-order valence-corrected chi connectivity index (χ0v) is 12.5. The molecule has 21 heavy (non-hydrogen) atoms. The van der Waals surface area contributed by atoms with Gasteiger partial charge in [-0.15, -0.1) is 0 Å². The van der Waals surface area contributed by atoms with Crippen LogP contribution in [0.2, 0.25) is 0 Å². The van der Waals surface area contributed by atoms with E-state index in [9.17, 15) is 9.90 Å². The van der Waals surface area contributed by atoms with Crippen LogP contribution in [0, 0.1) is 0 Å². The van der Waals surface area contributed by atoms with Gasteiger partial charge in [0.15, 0.2) is 0 Å². The first-order chi connectivity index (χ1) is 10.2. The Morgan fingerprint density at radius 3 is 2.43 bits per heavy atom. The molecule has 2 N–H and O–H groups in total. The minimum Gasteiger partial charge on any atom is -0.387 e. The van der Waals surface area contributed by atoms with Gasteiger partial charge in [-0.1, -0.05) is 24.6 Å². The molecule has 0 spiro atoms. The van der Waals surface area contributed by atoms with Gasteiger partial charge in [-0.3, -0.25) is 4.79 Å². The second kappa shape index (κ2) is 6.16. The summed E-state index contributed by atoms with van der Waals surface area (Å²) in [6.45, 7) is 1.51. The fourth-order valence-corrected chi connectivity index (χ4v) is 3.89. The van der Waals surface area contributed by atoms with Gasteiger partial charge in [-0.25, -0.2) is 4.59 Å². The number of hydrogen-bond acceptors (Lipinski definition) is 2. The molecule has 1 amide bonds. The van der Waals surface area contributed by atoms with E-state index in [0.717, 1.165) is 25.8 Å². The summed E-state index contributed by atoms with van der Waals surface area (Å²) >= 11 is 0. The zero-order chi connectivity index (χ0) is 14.7. The quantitative estimate of drug-likeness (QED) is 0.839. The SMILES string of the molecule is O=C(N[N+]1(C2CCCCC2)CCC(O)C1)c1ccccc1. The maximum Gasteiger partial charge on any atom is 0.295 e. The number of benzene rings is 1. The van der Waals surface area contributed by atoms with Crippen molar-refractivity contribution in [3.05, 3.63) is 35.9 Å². The van der Waals surface area contributed by atoms with Crippen LogP contribution in [0.15, 0.2) is 30.3 Å². The fourth-order valence-electron chi connectivity index (χ4n) is 3.89. The van der Waals surface area contributed by atoms with Gasteiger partial charge in [0.1, 0.15) is 25.2 Å². The number of carbonyl (C=O) groups excluding carboxylic acids is 1. The van der Waals surface area contributed by atoms with Crippen LogP contribution in [0.1, 0.15) is 48.9 Å². The number of quaternary nitrogens is 1. The predicted molar refractivity (Wildman–Crippen MR) is 81.4 cm³/mol. The Balaban J connectivity index is 1.78. The van der Waals surface area contributed by atoms with Crippen molar-refractivity contribution in [1.82, 2.24) is 5.43 Å². The molecule has 114 valence electrons. The van der Waals surface area contributed by atoms with Crippen molar-refractivity contribution >= 4 is 5.91 Å². The maximum absolute atomic E-state index is 12.5. The van der Waals surface area contributed by atoms with Gasteiger partial charge in [0.25, 0.3) is 5.91 Å². The third-order valence-corrected chi connectivity index (χ3v) is 5.03. The summed E-state index contributed by atoms with van der Waals surface area (Å²) in [7, 11) is 0. The lowest BCUT2D eigenvalue weighted by Crippen LogP contribution is -2.64. The predicted octanol–water partition coefficient (Wildman–Crippen LogP) is 2.25. The molecule has 4 heteroatoms. The summed E-state index contributed by atoms with van der Waals surface area (Å²) in [4.78, 5) is 12.5. The first-order valence-corrected chi connectivity index (χ1v) is 8.12. The van der Waals surface area contributed by atoms with Crippen molar-refractivity contribution in [3.63, 3.8) is 0 Å². The molecule has 0 radical (unpaired) electrons. The normalized spacial score (nSPS) is 30.2. The van der Waals surface area contributed by atoms with Gasteiger partial charge in [0.2, 0.25) is 0 Å². The molecule has 1 saturated heterocycles. The number of carbonyl (C=O) groups is 1. The van der Waals surface area contributed by atoms with Gasteiger partial charge in [0.05, 0.1) is 0 Å². The highest BCUT2D eigenvalue weighted by Crippen LogP contribution is 2.31. The molecule has 0 bridgehead atoms. The molecule has 1 aliphatic heterocycles. The lowest BCUT2D eigenvalue weighted by molar-refractivity contribution is -0.974. The lowest BCUT2D eigenvalue weighted by atomic mass is 9.93. The molecule has 1 aromatic carbocycles. The molecule has 1 heterocycles. The Kier molecular flexibility index (Phi) is 4.27. The number of amides is 1. The number of hydrogen-bond donors (Lipinski definition) is 2. The Morgan fingerprint density at radius 2 is 1.81 bits per heavy atom. The van der Waals surface area contributed by atoms with Gasteiger partial charge < -0.3 is 5.11 Å². The Morgan fingerprint density at radius 1 is 1.10 bits per heavy atom. The average Bonchev–Trinajstić information content (AvgIpc) is 2.91. The molecule has 1 aromatic rings. The van der Waals surface area contributed by atoms with Crippen molar-refractivity contribution in [3.8, 4) is 0 Å². The van der Waals surface area contributed by atoms with Gasteiger partial charge in [0, 0.05) is 24.8 Å². The molecule has 0 aromatic heterocycles. The second-order valence-electron chi connectivity index (χ2n) is 6.48. The number of rotatable bonds is 3. The van der Waals surface area contributed by atoms with E-state index in [1.165, 1.54) is 19.3 Å². The van der Waals surface area contributed by atoms with E-state index < -0.39 is 0 Å². The minimum absolute atomic E-state index is 0.0183. The van der Waals surface area contributed by atoms with Crippen LogP contribution in [0.4, 0.5) is 0 Å². The number of nitrogens with one attached hydrogen (secondary N) is 1. The summed E-state index contributed by atoms with van der Waals surface area (Å²) < 4.78 is 0.578. The smallest absolute Gasteiger partial charge is 0.295 e. The van der Waals surface area contributed by atoms with Gasteiger partial charge in [-0.05, 0) is 25.0 Å². The van der Waals surface area contributed by atoms with E-state index >= 15 is 0 Å². The Hall–Kier alpha value is -1.39. The highest BCUT2D eigenvalue weighted by atomic mass is 16.3. The van der Waals surface area contributed by atoms with E-state index in [1.807, 2.05) is 30.3 Å². The molecule has 2 unspecified atom stereocenters. The summed E-state index contributed by atoms with van der Waals surface area (Å²) in [5.74, 6) is -0.0183. The minimum atomic E-state index is -0.289. The van der Waals surface area contributed by atoms with Crippen molar-refractivity contribution in [2.24, 2.45) is 0 Å². The highest BCUT2D eigenvalue weighted by Gasteiger charge is 2.46. The van der Waals surface area contributed by atoms with Crippen LogP contribution in [-0.2, 0) is 0 Å². The number of nitrogens with zero attached hydrogens (tertiary/aromatic N) is 1. The van der Waals surface area contributed by atoms with Crippen LogP contribution >= 0.6 is 0 Å². The molecular formula is C17H25N2O2+. The van der Waals surface area contributed by atoms with Crippen molar-refractivity contribution in [1.29, 1.82) is 0 Å². The molecule has 3 rings (SSSR count). The molecule has 1 aliphatic carbocycles. The maximum atomic E-state index is 12.5. The first-order valence-electron chi connectivity index (χ1n) is 8.12. The third kappa shape index (κ3) is 3.11. The Bertz CT molecular complexity index is 485. The number of aliphatic hydroxyl groups excluding tert-OH is 1. The van der Waals surface area contributed by atoms with Crippen molar-refractivity contribution in [2.75, 3.05) is 13.1 Å². The third-order valence-electron chi connectivity index (χ3n) is 5.03. The van der Waals surface area contributed by atoms with E-state index in [1.54, 1.807) is 0 Å². The summed E-state index contributed by atoms with van der Waals surface area (Å²) in [5.41, 5.74) is 3.95. The summed E-state index contributed by atoms with van der Waals surface area (Å²) in [6.07, 6.45) is 6.58. The molecule has 2 aliphatic rings. The number of aliphatic hydroxyl groups is 1. The molecule has 4 nitrogen and oxygen atoms in total. The van der Waals surface area contributed by atoms with E-state index in [-0.39, 0.29) is 12.0 Å². The number of likely N-dealkylation sites (tertiary alicyclic amines) is 1. The topological polar surface area (TPSA) is 49.3 Å². The summed E-state index contributed by atoms with van der Waals surface area (Å²) in [6, 6.07) is 9.85.